The van der Waals surface area contributed by atoms with Crippen molar-refractivity contribution in [2.75, 3.05) is 56.9 Å². The summed E-state index contributed by atoms with van der Waals surface area (Å²) >= 11 is 0. The fourth-order valence-corrected chi connectivity index (χ4v) is 5.21. The quantitative estimate of drug-likeness (QED) is 0.0850. The lowest BCUT2D eigenvalue weighted by molar-refractivity contribution is -0.0563. The molecule has 0 saturated heterocycles. The van der Waals surface area contributed by atoms with Crippen LogP contribution in [-0.2, 0) is 37.9 Å². The van der Waals surface area contributed by atoms with Gasteiger partial charge in [0.15, 0.2) is 0 Å². The molecule has 0 saturated carbocycles. The minimum Gasteiger partial charge on any atom is -0.381 e. The van der Waals surface area contributed by atoms with Crippen LogP contribution in [0.3, 0.4) is 0 Å². The molecule has 0 aliphatic heterocycles. The van der Waals surface area contributed by atoms with Crippen molar-refractivity contribution >= 4 is 0 Å². The molecule has 0 unspecified atom stereocenters. The highest BCUT2D eigenvalue weighted by Gasteiger charge is 2.27. The molecule has 0 heterocycles. The van der Waals surface area contributed by atoms with Gasteiger partial charge in [0, 0.05) is 63.3 Å². The van der Waals surface area contributed by atoms with Gasteiger partial charge in [-0.15, -0.1) is 6.58 Å². The summed E-state index contributed by atoms with van der Waals surface area (Å²) in [6.07, 6.45) is 13.2. The number of methoxy groups -OCH3 is 8. The molecule has 0 N–H and O–H groups in total. The van der Waals surface area contributed by atoms with Crippen molar-refractivity contribution in [3.8, 4) is 0 Å². The minimum atomic E-state index is -0.0176. The van der Waals surface area contributed by atoms with E-state index < -0.39 is 0 Å². The van der Waals surface area contributed by atoms with Gasteiger partial charge in [0.1, 0.15) is 0 Å². The number of hydrogen-bond donors (Lipinski definition) is 0. The summed E-state index contributed by atoms with van der Waals surface area (Å²) in [6, 6.07) is 0. The zero-order valence-electron chi connectivity index (χ0n) is 26.7. The maximum absolute atomic E-state index is 5.89. The highest BCUT2D eigenvalue weighted by atomic mass is 16.5. The van der Waals surface area contributed by atoms with Crippen LogP contribution in [-0.4, -0.2) is 106 Å². The van der Waals surface area contributed by atoms with Crippen molar-refractivity contribution in [3.63, 3.8) is 0 Å². The van der Waals surface area contributed by atoms with E-state index in [1.165, 1.54) is 19.3 Å². The van der Waals surface area contributed by atoms with Crippen LogP contribution in [0.25, 0.3) is 0 Å². The largest absolute Gasteiger partial charge is 0.381 e. The minimum absolute atomic E-state index is 0.00609. The van der Waals surface area contributed by atoms with Crippen molar-refractivity contribution in [2.24, 2.45) is 0 Å². The Kier molecular flexibility index (Phi) is 24.8. The van der Waals surface area contributed by atoms with E-state index in [2.05, 4.69) is 13.5 Å². The Bertz CT molecular complexity index is 549. The second kappa shape index (κ2) is 25.2. The molecular formula is C31H62O8. The van der Waals surface area contributed by atoms with Gasteiger partial charge in [0.05, 0.1) is 48.8 Å². The fourth-order valence-electron chi connectivity index (χ4n) is 5.21. The maximum atomic E-state index is 5.89. The molecule has 39 heavy (non-hydrogen) atoms. The lowest BCUT2D eigenvalue weighted by Gasteiger charge is -2.30. The SMILES string of the molecule is C=CC[C@@H](C[C@@H](C[C@@H](C[C@@H](C[C@@H](C[C@@H](C[C@@H](C[C@@H](CCCCC)OC)OC)OC)OC)OC)OC)OC)OC. The molecule has 8 nitrogen and oxygen atoms in total. The third-order valence-corrected chi connectivity index (χ3v) is 7.91. The lowest BCUT2D eigenvalue weighted by atomic mass is 9.94. The van der Waals surface area contributed by atoms with E-state index in [0.717, 1.165) is 57.8 Å². The average molecular weight is 563 g/mol. The van der Waals surface area contributed by atoms with Crippen LogP contribution < -0.4 is 0 Å². The summed E-state index contributed by atoms with van der Waals surface area (Å²) in [5.41, 5.74) is 0. The molecule has 0 fully saturated rings. The number of hydrogen-bond acceptors (Lipinski definition) is 8. The Balaban J connectivity index is 5.03. The monoisotopic (exact) mass is 562 g/mol. The number of rotatable bonds is 28. The second-order valence-electron chi connectivity index (χ2n) is 10.5. The van der Waals surface area contributed by atoms with E-state index in [-0.39, 0.29) is 48.8 Å². The molecule has 0 aromatic heterocycles. The zero-order chi connectivity index (χ0) is 29.5. The average Bonchev–Trinajstić information content (AvgIpc) is 2.96. The number of ether oxygens (including phenoxy) is 8. The van der Waals surface area contributed by atoms with Crippen LogP contribution in [0, 0.1) is 0 Å². The van der Waals surface area contributed by atoms with Gasteiger partial charge < -0.3 is 37.9 Å². The van der Waals surface area contributed by atoms with Crippen molar-refractivity contribution < 1.29 is 37.9 Å². The summed E-state index contributed by atoms with van der Waals surface area (Å²) < 4.78 is 46.4. The van der Waals surface area contributed by atoms with E-state index >= 15 is 0 Å². The second-order valence-corrected chi connectivity index (χ2v) is 10.5. The summed E-state index contributed by atoms with van der Waals surface area (Å²) in [7, 11) is 14.1. The normalized spacial score (nSPS) is 18.2. The topological polar surface area (TPSA) is 73.8 Å². The van der Waals surface area contributed by atoms with Gasteiger partial charge in [-0.25, -0.2) is 0 Å². The fraction of sp³-hybridized carbons (Fsp3) is 0.935. The van der Waals surface area contributed by atoms with Crippen molar-refractivity contribution in [1.29, 1.82) is 0 Å². The summed E-state index contributed by atoms with van der Waals surface area (Å²) in [5.74, 6) is 0. The standard InChI is InChI=1S/C31H62O8/c1-11-13-14-16-25(33-4)18-27(35-6)20-29(37-8)22-31(39-10)23-30(38-9)21-28(36-7)19-26(34-5)17-24(32-3)15-12-2/h12,24-31H,2,11,13-23H2,1,3-10H3/t24-,25+,26-,27+,28-,29+,30-,31+/m0/s1. The van der Waals surface area contributed by atoms with E-state index in [0.29, 0.717) is 0 Å². The van der Waals surface area contributed by atoms with Gasteiger partial charge in [-0.05, 0) is 51.4 Å². The van der Waals surface area contributed by atoms with Crippen LogP contribution in [0.4, 0.5) is 0 Å². The van der Waals surface area contributed by atoms with Crippen LogP contribution in [0.5, 0.6) is 0 Å². The highest BCUT2D eigenvalue weighted by Crippen LogP contribution is 2.24. The Hall–Kier alpha value is -0.580. The third-order valence-electron chi connectivity index (χ3n) is 7.91. The van der Waals surface area contributed by atoms with Crippen molar-refractivity contribution in [3.05, 3.63) is 12.7 Å². The molecule has 0 spiro atoms. The van der Waals surface area contributed by atoms with Gasteiger partial charge in [0.25, 0.3) is 0 Å². The third kappa shape index (κ3) is 17.8. The van der Waals surface area contributed by atoms with Gasteiger partial charge in [-0.1, -0.05) is 32.3 Å². The van der Waals surface area contributed by atoms with Crippen LogP contribution in [0.2, 0.25) is 0 Å². The summed E-state index contributed by atoms with van der Waals surface area (Å²) in [4.78, 5) is 0. The van der Waals surface area contributed by atoms with E-state index in [1.54, 1.807) is 56.9 Å². The first-order valence-corrected chi connectivity index (χ1v) is 14.7. The first kappa shape index (κ1) is 38.4. The molecule has 0 radical (unpaired) electrons. The Morgan fingerprint density at radius 2 is 0.718 bits per heavy atom. The van der Waals surface area contributed by atoms with Crippen molar-refractivity contribution in [1.82, 2.24) is 0 Å². The molecule has 0 aliphatic carbocycles. The van der Waals surface area contributed by atoms with Gasteiger partial charge >= 0.3 is 0 Å². The molecule has 0 aromatic carbocycles. The summed E-state index contributed by atoms with van der Waals surface area (Å²) in [6.45, 7) is 6.05. The number of unbranched alkanes of at least 4 members (excludes halogenated alkanes) is 2. The molecule has 8 atom stereocenters. The molecule has 0 aliphatic rings. The Labute approximate surface area is 240 Å². The summed E-state index contributed by atoms with van der Waals surface area (Å²) in [5, 5.41) is 0. The molecular weight excluding hydrogens is 500 g/mol. The van der Waals surface area contributed by atoms with E-state index in [4.69, 9.17) is 37.9 Å². The van der Waals surface area contributed by atoms with Gasteiger partial charge in [-0.2, -0.15) is 0 Å². The Morgan fingerprint density at radius 1 is 0.436 bits per heavy atom. The molecule has 0 aromatic rings. The van der Waals surface area contributed by atoms with Crippen LogP contribution in [0.15, 0.2) is 12.7 Å². The van der Waals surface area contributed by atoms with E-state index in [9.17, 15) is 0 Å². The molecule has 0 rings (SSSR count). The van der Waals surface area contributed by atoms with Crippen LogP contribution in [0.1, 0.15) is 84.0 Å². The molecule has 0 amide bonds. The predicted molar refractivity (Wildman–Crippen MR) is 158 cm³/mol. The maximum Gasteiger partial charge on any atom is 0.0630 e. The first-order valence-electron chi connectivity index (χ1n) is 14.7. The predicted octanol–water partition coefficient (Wildman–Crippen LogP) is 5.99. The molecule has 8 heteroatoms. The zero-order valence-corrected chi connectivity index (χ0v) is 26.7. The lowest BCUT2D eigenvalue weighted by Crippen LogP contribution is -2.33. The van der Waals surface area contributed by atoms with Gasteiger partial charge in [-0.3, -0.25) is 0 Å². The Morgan fingerprint density at radius 3 is 0.974 bits per heavy atom. The smallest absolute Gasteiger partial charge is 0.0630 e. The first-order chi connectivity index (χ1) is 18.9. The highest BCUT2D eigenvalue weighted by molar-refractivity contribution is 4.81. The van der Waals surface area contributed by atoms with Crippen LogP contribution >= 0.6 is 0 Å². The van der Waals surface area contributed by atoms with Crippen molar-refractivity contribution in [2.45, 2.75) is 133 Å². The van der Waals surface area contributed by atoms with Gasteiger partial charge in [0.2, 0.25) is 0 Å². The molecule has 0 bridgehead atoms. The van der Waals surface area contributed by atoms with E-state index in [1.807, 2.05) is 6.08 Å². The molecule has 234 valence electrons.